The third-order valence-corrected chi connectivity index (χ3v) is 2.47. The van der Waals surface area contributed by atoms with Gasteiger partial charge in [-0.05, 0) is 18.5 Å². The van der Waals surface area contributed by atoms with Crippen molar-refractivity contribution in [1.29, 1.82) is 0 Å². The summed E-state index contributed by atoms with van der Waals surface area (Å²) in [6, 6.07) is 0. The van der Waals surface area contributed by atoms with Gasteiger partial charge < -0.3 is 4.74 Å². The smallest absolute Gasteiger partial charge is 0.358 e. The van der Waals surface area contributed by atoms with Gasteiger partial charge in [-0.15, -0.1) is 5.10 Å². The van der Waals surface area contributed by atoms with Crippen LogP contribution in [0.1, 0.15) is 15.4 Å². The van der Waals surface area contributed by atoms with E-state index in [2.05, 4.69) is 19.6 Å². The number of carbonyl (C=O) groups is 1. The van der Waals surface area contributed by atoms with Crippen LogP contribution in [-0.2, 0) is 0 Å². The minimum Gasteiger partial charge on any atom is -0.400 e. The summed E-state index contributed by atoms with van der Waals surface area (Å²) in [5.74, 6) is -1.94. The van der Waals surface area contributed by atoms with Crippen molar-refractivity contribution in [2.24, 2.45) is 0 Å². The van der Waals surface area contributed by atoms with Crippen LogP contribution in [0.25, 0.3) is 0 Å². The molecule has 0 aliphatic rings. The van der Waals surface area contributed by atoms with Gasteiger partial charge in [-0.25, -0.2) is 9.78 Å². The Morgan fingerprint density at radius 3 is 3.00 bits per heavy atom. The van der Waals surface area contributed by atoms with Gasteiger partial charge in [0.15, 0.2) is 4.88 Å². The molecule has 0 unspecified atom stereocenters. The van der Waals surface area contributed by atoms with E-state index in [1.54, 1.807) is 6.92 Å². The zero-order chi connectivity index (χ0) is 11.5. The number of halogens is 1. The Kier molecular flexibility index (Phi) is 2.82. The monoisotopic (exact) mass is 240 g/mol. The van der Waals surface area contributed by atoms with E-state index < -0.39 is 17.7 Å². The summed E-state index contributed by atoms with van der Waals surface area (Å²) < 4.78 is 21.4. The van der Waals surface area contributed by atoms with Crippen molar-refractivity contribution in [1.82, 2.24) is 19.6 Å². The van der Waals surface area contributed by atoms with Crippen LogP contribution in [0.4, 0.5) is 4.39 Å². The molecule has 2 aromatic rings. The molecule has 6 nitrogen and oxygen atoms in total. The summed E-state index contributed by atoms with van der Waals surface area (Å²) in [6.45, 7) is 1.61. The SMILES string of the molecule is Cc1nnsc1C(=O)Oc1ncncc1F. The lowest BCUT2D eigenvalue weighted by Crippen LogP contribution is -2.10. The lowest BCUT2D eigenvalue weighted by atomic mass is 10.4. The van der Waals surface area contributed by atoms with E-state index in [4.69, 9.17) is 4.74 Å². The topological polar surface area (TPSA) is 77.9 Å². The van der Waals surface area contributed by atoms with Gasteiger partial charge in [0.1, 0.15) is 6.33 Å². The van der Waals surface area contributed by atoms with Crippen molar-refractivity contribution in [2.45, 2.75) is 6.92 Å². The van der Waals surface area contributed by atoms with Crippen molar-refractivity contribution in [3.8, 4) is 5.88 Å². The number of esters is 1. The molecule has 0 atom stereocenters. The average molecular weight is 240 g/mol. The summed E-state index contributed by atoms with van der Waals surface area (Å²) in [4.78, 5) is 18.7. The molecule has 16 heavy (non-hydrogen) atoms. The second-order valence-electron chi connectivity index (χ2n) is 2.75. The van der Waals surface area contributed by atoms with E-state index in [9.17, 15) is 9.18 Å². The molecule has 0 saturated heterocycles. The van der Waals surface area contributed by atoms with Crippen LogP contribution in [0.15, 0.2) is 12.5 Å². The Morgan fingerprint density at radius 2 is 2.38 bits per heavy atom. The van der Waals surface area contributed by atoms with Crippen molar-refractivity contribution in [3.05, 3.63) is 28.9 Å². The number of rotatable bonds is 2. The summed E-state index contributed by atoms with van der Waals surface area (Å²) in [5.41, 5.74) is 0.435. The van der Waals surface area contributed by atoms with Crippen LogP contribution in [-0.4, -0.2) is 25.5 Å². The fourth-order valence-electron chi connectivity index (χ4n) is 0.930. The molecular weight excluding hydrogens is 235 g/mol. The van der Waals surface area contributed by atoms with E-state index in [1.165, 1.54) is 0 Å². The maximum absolute atomic E-state index is 13.1. The molecule has 0 aliphatic carbocycles. The standard InChI is InChI=1S/C8H5FN4O2S/c1-4-6(16-13-12-4)8(14)15-7-5(9)2-10-3-11-7/h2-3H,1H3. The molecule has 2 rings (SSSR count). The minimum atomic E-state index is -0.800. The maximum atomic E-state index is 13.1. The third-order valence-electron chi connectivity index (χ3n) is 1.66. The Labute approximate surface area is 93.3 Å². The first-order valence-electron chi connectivity index (χ1n) is 4.15. The Hall–Kier alpha value is -1.96. The van der Waals surface area contributed by atoms with E-state index in [0.717, 1.165) is 24.1 Å². The molecule has 0 radical (unpaired) electrons. The van der Waals surface area contributed by atoms with Gasteiger partial charge in [0.2, 0.25) is 5.82 Å². The first-order valence-corrected chi connectivity index (χ1v) is 4.92. The highest BCUT2D eigenvalue weighted by Gasteiger charge is 2.18. The van der Waals surface area contributed by atoms with Crippen LogP contribution in [0.3, 0.4) is 0 Å². The fourth-order valence-corrected chi connectivity index (χ4v) is 1.46. The van der Waals surface area contributed by atoms with E-state index >= 15 is 0 Å². The lowest BCUT2D eigenvalue weighted by molar-refractivity contribution is 0.0723. The number of hydrogen-bond acceptors (Lipinski definition) is 7. The molecule has 0 bridgehead atoms. The second kappa shape index (κ2) is 4.27. The maximum Gasteiger partial charge on any atom is 0.358 e. The number of ether oxygens (including phenoxy) is 1. The largest absolute Gasteiger partial charge is 0.400 e. The van der Waals surface area contributed by atoms with Crippen LogP contribution in [0.2, 0.25) is 0 Å². The van der Waals surface area contributed by atoms with Crippen LogP contribution < -0.4 is 4.74 Å². The molecule has 0 N–H and O–H groups in total. The van der Waals surface area contributed by atoms with E-state index in [0.29, 0.717) is 5.69 Å². The van der Waals surface area contributed by atoms with Crippen LogP contribution in [0, 0.1) is 12.7 Å². The summed E-state index contributed by atoms with van der Waals surface area (Å²) >= 11 is 0.881. The minimum absolute atomic E-state index is 0.220. The van der Waals surface area contributed by atoms with Gasteiger partial charge >= 0.3 is 5.97 Å². The van der Waals surface area contributed by atoms with Crippen molar-refractivity contribution >= 4 is 17.5 Å². The highest BCUT2D eigenvalue weighted by Crippen LogP contribution is 2.15. The number of aromatic nitrogens is 4. The third kappa shape index (κ3) is 2.01. The van der Waals surface area contributed by atoms with Gasteiger partial charge in [-0.3, -0.25) is 0 Å². The number of nitrogens with zero attached hydrogens (tertiary/aromatic N) is 4. The van der Waals surface area contributed by atoms with Crippen LogP contribution >= 0.6 is 11.5 Å². The molecule has 0 aliphatic heterocycles. The number of carbonyl (C=O) groups excluding carboxylic acids is 1. The second-order valence-corrected chi connectivity index (χ2v) is 3.51. The van der Waals surface area contributed by atoms with Crippen LogP contribution in [0.5, 0.6) is 5.88 Å². The van der Waals surface area contributed by atoms with Gasteiger partial charge in [0, 0.05) is 0 Å². The molecule has 82 valence electrons. The van der Waals surface area contributed by atoms with Gasteiger partial charge in [0.05, 0.1) is 11.9 Å². The number of aryl methyl sites for hydroxylation is 1. The van der Waals surface area contributed by atoms with E-state index in [-0.39, 0.29) is 4.88 Å². The quantitative estimate of drug-likeness (QED) is 0.728. The lowest BCUT2D eigenvalue weighted by Gasteiger charge is -2.01. The van der Waals surface area contributed by atoms with Gasteiger partial charge in [-0.1, -0.05) is 4.49 Å². The predicted molar refractivity (Wildman–Crippen MR) is 51.6 cm³/mol. The first-order chi connectivity index (χ1) is 7.68. The highest BCUT2D eigenvalue weighted by atomic mass is 32.1. The normalized spacial score (nSPS) is 10.1. The molecular formula is C8H5FN4O2S. The molecule has 2 heterocycles. The molecule has 2 aromatic heterocycles. The summed E-state index contributed by atoms with van der Waals surface area (Å²) in [6.07, 6.45) is 2.00. The molecule has 8 heteroatoms. The number of hydrogen-bond donors (Lipinski definition) is 0. The highest BCUT2D eigenvalue weighted by molar-refractivity contribution is 7.07. The summed E-state index contributed by atoms with van der Waals surface area (Å²) in [5, 5.41) is 3.64. The zero-order valence-corrected chi connectivity index (χ0v) is 8.86. The molecule has 0 aromatic carbocycles. The Morgan fingerprint density at radius 1 is 1.56 bits per heavy atom. The molecule has 0 fully saturated rings. The van der Waals surface area contributed by atoms with Crippen molar-refractivity contribution in [2.75, 3.05) is 0 Å². The Balaban J connectivity index is 2.21. The summed E-state index contributed by atoms with van der Waals surface area (Å²) in [7, 11) is 0. The first kappa shape index (κ1) is 10.6. The van der Waals surface area contributed by atoms with Crippen molar-refractivity contribution < 1.29 is 13.9 Å². The van der Waals surface area contributed by atoms with Gasteiger partial charge in [0.25, 0.3) is 5.88 Å². The molecule has 0 spiro atoms. The van der Waals surface area contributed by atoms with E-state index in [1.807, 2.05) is 0 Å². The average Bonchev–Trinajstić information content (AvgIpc) is 2.68. The fraction of sp³-hybridized carbons (Fsp3) is 0.125. The molecule has 0 amide bonds. The van der Waals surface area contributed by atoms with Gasteiger partial charge in [-0.2, -0.15) is 9.37 Å². The van der Waals surface area contributed by atoms with Crippen molar-refractivity contribution in [3.63, 3.8) is 0 Å². The molecule has 0 saturated carbocycles. The predicted octanol–water partition coefficient (Wildman–Crippen LogP) is 0.995. The Bertz CT molecular complexity index is 530. The zero-order valence-electron chi connectivity index (χ0n) is 8.05.